The maximum atomic E-state index is 13.4. The van der Waals surface area contributed by atoms with Crippen molar-refractivity contribution in [3.8, 4) is 0 Å². The molecule has 0 aliphatic carbocycles. The zero-order chi connectivity index (χ0) is 69.4. The zero-order valence-electron chi connectivity index (χ0n) is 59.8. The molecule has 2 saturated heterocycles. The summed E-state index contributed by atoms with van der Waals surface area (Å²) in [6, 6.07) is -0.957. The number of carbonyl (C=O) groups excluding carboxylic acids is 1. The van der Waals surface area contributed by atoms with E-state index in [1.165, 1.54) is 109 Å². The normalized spacial score (nSPS) is 23.1. The Labute approximate surface area is 583 Å². The number of carbonyl (C=O) groups is 1. The van der Waals surface area contributed by atoms with Crippen molar-refractivity contribution in [1.82, 2.24) is 5.32 Å². The van der Waals surface area contributed by atoms with Gasteiger partial charge in [-0.3, -0.25) is 4.79 Å². The van der Waals surface area contributed by atoms with E-state index in [1.807, 2.05) is 6.08 Å². The number of ether oxygens (including phenoxy) is 4. The van der Waals surface area contributed by atoms with Crippen LogP contribution in [0.15, 0.2) is 146 Å². The van der Waals surface area contributed by atoms with Gasteiger partial charge in [0.25, 0.3) is 0 Å². The fourth-order valence-corrected chi connectivity index (χ4v) is 11.5. The highest BCUT2D eigenvalue weighted by Crippen LogP contribution is 2.30. The van der Waals surface area contributed by atoms with Crippen molar-refractivity contribution in [3.05, 3.63) is 146 Å². The first-order chi connectivity index (χ1) is 47.1. The molecule has 2 aliphatic rings. The van der Waals surface area contributed by atoms with Crippen molar-refractivity contribution in [2.24, 2.45) is 0 Å². The summed E-state index contributed by atoms with van der Waals surface area (Å²) < 4.78 is 22.9. The van der Waals surface area contributed by atoms with Crippen LogP contribution in [0.5, 0.6) is 0 Å². The van der Waals surface area contributed by atoms with Gasteiger partial charge in [0.1, 0.15) is 48.8 Å². The molecule has 9 N–H and O–H groups in total. The summed E-state index contributed by atoms with van der Waals surface area (Å²) in [5, 5.41) is 87.5. The maximum absolute atomic E-state index is 13.4. The van der Waals surface area contributed by atoms with E-state index in [1.54, 1.807) is 6.08 Å². The molecule has 0 aromatic rings. The molecule has 0 aromatic carbocycles. The minimum absolute atomic E-state index is 0.247. The first kappa shape index (κ1) is 88.0. The molecule has 14 nitrogen and oxygen atoms in total. The highest BCUT2D eigenvalue weighted by atomic mass is 16.7. The first-order valence-corrected chi connectivity index (χ1v) is 38.1. The van der Waals surface area contributed by atoms with E-state index in [0.717, 1.165) is 128 Å². The third kappa shape index (κ3) is 47.0. The Hall–Kier alpha value is -4.13. The second-order valence-corrected chi connectivity index (χ2v) is 26.0. The van der Waals surface area contributed by atoms with Gasteiger partial charge in [-0.15, -0.1) is 0 Å². The Morgan fingerprint density at radius 2 is 0.729 bits per heavy atom. The number of allylic oxidation sites excluding steroid dienone is 23. The average Bonchev–Trinajstić information content (AvgIpc) is 0.797. The fourth-order valence-electron chi connectivity index (χ4n) is 11.5. The summed E-state index contributed by atoms with van der Waals surface area (Å²) >= 11 is 0. The molecule has 548 valence electrons. The molecule has 12 atom stereocenters. The smallest absolute Gasteiger partial charge is 0.220 e. The number of hydrogen-bond acceptors (Lipinski definition) is 13. The van der Waals surface area contributed by atoms with Crippen LogP contribution in [-0.2, 0) is 23.7 Å². The quantitative estimate of drug-likeness (QED) is 0.0204. The number of unbranched alkanes of at least 4 members (excludes halogenated alkanes) is 26. The van der Waals surface area contributed by atoms with Crippen LogP contribution in [0.3, 0.4) is 0 Å². The van der Waals surface area contributed by atoms with Crippen LogP contribution in [0.1, 0.15) is 271 Å². The van der Waals surface area contributed by atoms with Gasteiger partial charge >= 0.3 is 0 Å². The highest BCUT2D eigenvalue weighted by molar-refractivity contribution is 5.76. The number of amides is 1. The molecule has 96 heavy (non-hydrogen) atoms. The molecule has 2 heterocycles. The van der Waals surface area contributed by atoms with Crippen LogP contribution in [-0.4, -0.2) is 140 Å². The Bertz CT molecular complexity index is 2180. The molecular weight excluding hydrogens is 1210 g/mol. The van der Waals surface area contributed by atoms with Crippen LogP contribution in [0.2, 0.25) is 0 Å². The summed E-state index contributed by atoms with van der Waals surface area (Å²) in [4.78, 5) is 13.4. The Morgan fingerprint density at radius 1 is 0.385 bits per heavy atom. The molecule has 14 heteroatoms. The average molecular weight is 1340 g/mol. The van der Waals surface area contributed by atoms with Gasteiger partial charge in [0.2, 0.25) is 5.91 Å². The number of aliphatic hydroxyl groups is 8. The molecule has 12 unspecified atom stereocenters. The molecule has 0 spiro atoms. The lowest BCUT2D eigenvalue weighted by Crippen LogP contribution is -2.65. The number of nitrogens with one attached hydrogen (secondary N) is 1. The van der Waals surface area contributed by atoms with Crippen molar-refractivity contribution in [3.63, 3.8) is 0 Å². The van der Waals surface area contributed by atoms with E-state index in [4.69, 9.17) is 18.9 Å². The lowest BCUT2D eigenvalue weighted by molar-refractivity contribution is -0.359. The van der Waals surface area contributed by atoms with E-state index in [9.17, 15) is 45.6 Å². The van der Waals surface area contributed by atoms with Gasteiger partial charge in [-0.25, -0.2) is 0 Å². The van der Waals surface area contributed by atoms with E-state index in [-0.39, 0.29) is 18.9 Å². The van der Waals surface area contributed by atoms with Crippen LogP contribution < -0.4 is 5.32 Å². The Morgan fingerprint density at radius 3 is 1.15 bits per heavy atom. The summed E-state index contributed by atoms with van der Waals surface area (Å²) in [5.41, 5.74) is 0. The predicted octanol–water partition coefficient (Wildman–Crippen LogP) is 16.8. The summed E-state index contributed by atoms with van der Waals surface area (Å²) in [6.07, 6.45) is 80.5. The summed E-state index contributed by atoms with van der Waals surface area (Å²) in [7, 11) is 0. The maximum Gasteiger partial charge on any atom is 0.220 e. The van der Waals surface area contributed by atoms with Gasteiger partial charge in [0.05, 0.1) is 32.0 Å². The fraction of sp³-hybridized carbons (Fsp3) is 0.695. The van der Waals surface area contributed by atoms with Gasteiger partial charge < -0.3 is 65.1 Å². The van der Waals surface area contributed by atoms with Crippen molar-refractivity contribution < 1.29 is 64.6 Å². The van der Waals surface area contributed by atoms with Gasteiger partial charge in [0, 0.05) is 6.42 Å². The third-order valence-electron chi connectivity index (χ3n) is 17.5. The predicted molar refractivity (Wildman–Crippen MR) is 396 cm³/mol. The van der Waals surface area contributed by atoms with Gasteiger partial charge in [-0.2, -0.15) is 0 Å². The summed E-state index contributed by atoms with van der Waals surface area (Å²) in [6.45, 7) is 2.67. The number of rotatable bonds is 61. The van der Waals surface area contributed by atoms with E-state index in [0.29, 0.717) is 12.8 Å². The topological polar surface area (TPSA) is 228 Å². The van der Waals surface area contributed by atoms with Crippen LogP contribution in [0.4, 0.5) is 0 Å². The van der Waals surface area contributed by atoms with Crippen LogP contribution >= 0.6 is 0 Å². The Kier molecular flexibility index (Phi) is 58.9. The molecule has 0 bridgehead atoms. The molecule has 1 amide bonds. The molecule has 2 rings (SSSR count). The lowest BCUT2D eigenvalue weighted by Gasteiger charge is -2.46. The van der Waals surface area contributed by atoms with E-state index >= 15 is 0 Å². The molecule has 0 saturated carbocycles. The van der Waals surface area contributed by atoms with Crippen molar-refractivity contribution in [2.75, 3.05) is 19.8 Å². The van der Waals surface area contributed by atoms with Crippen molar-refractivity contribution in [1.29, 1.82) is 0 Å². The number of aliphatic hydroxyl groups excluding tert-OH is 8. The SMILES string of the molecule is CC/C=C\C/C=C\C/C=C\C/C=C\C/C=C\C/C=C\C/C=C\C/C=C\C/C=C\CCCCCCCCCC(=O)NC(COC1OC(CO)C(OC2OC(CO)C(O)C(O)C2O)C(O)C1O)C(O)/C=C/CC/C=C/CC/C=C/CCCCCCCCCCCCCCCCCCC. The van der Waals surface area contributed by atoms with E-state index < -0.39 is 86.8 Å². The van der Waals surface area contributed by atoms with E-state index in [2.05, 4.69) is 153 Å². The molecule has 2 fully saturated rings. The third-order valence-corrected chi connectivity index (χ3v) is 17.5. The highest BCUT2D eigenvalue weighted by Gasteiger charge is 2.51. The van der Waals surface area contributed by atoms with Crippen LogP contribution in [0, 0.1) is 0 Å². The number of hydrogen-bond donors (Lipinski definition) is 9. The van der Waals surface area contributed by atoms with Crippen LogP contribution in [0.25, 0.3) is 0 Å². The monoisotopic (exact) mass is 1340 g/mol. The lowest BCUT2D eigenvalue weighted by atomic mass is 9.97. The summed E-state index contributed by atoms with van der Waals surface area (Å²) in [5.74, 6) is -0.269. The zero-order valence-corrected chi connectivity index (χ0v) is 59.8. The largest absolute Gasteiger partial charge is 0.394 e. The molecule has 0 aromatic heterocycles. The Balaban J connectivity index is 1.69. The van der Waals surface area contributed by atoms with Gasteiger partial charge in [-0.05, 0) is 116 Å². The standard InChI is InChI=1S/C82H137NO13/c1-3-5-7-9-11-13-15-17-19-21-23-25-27-29-31-32-33-34-35-36-37-38-40-42-44-46-48-50-52-54-56-58-60-62-64-66-74(87)83-70(69-93-81-79(92)77(90)80(73(68-85)95-81)96-82-78(91)76(89)75(88)72(67-84)94-82)71(86)65-63-61-59-57-55-53-51-49-47-45-43-41-39-30-28-26-24-22-20-18-16-14-12-10-8-6-4-2/h5,7,11,13,17,19,23,25,29,31,33-34,36-37,40,42,46-49,55,57,63,65,70-73,75-82,84-86,88-92H,3-4,6,8-10,12,14-16,18,20-22,24,26-28,30,32,35,38-39,41,43-45,50-54,56,58-62,64,66-69H2,1-2H3,(H,83,87)/b7-5-,13-11-,19-17-,25-23-,31-29-,34-33-,37-36-,42-40-,48-46-,49-47+,57-55+,65-63+. The van der Waals surface area contributed by atoms with Crippen molar-refractivity contribution >= 4 is 5.91 Å². The van der Waals surface area contributed by atoms with Gasteiger partial charge in [-0.1, -0.05) is 295 Å². The molecule has 0 radical (unpaired) electrons. The van der Waals surface area contributed by atoms with Crippen molar-refractivity contribution in [2.45, 2.75) is 344 Å². The first-order valence-electron chi connectivity index (χ1n) is 38.1. The minimum atomic E-state index is -1.80. The second kappa shape index (κ2) is 64.3. The van der Waals surface area contributed by atoms with Gasteiger partial charge in [0.15, 0.2) is 12.6 Å². The second-order valence-electron chi connectivity index (χ2n) is 26.0. The molecule has 2 aliphatic heterocycles. The molecular formula is C82H137NO13. The minimum Gasteiger partial charge on any atom is -0.394 e.